The van der Waals surface area contributed by atoms with Gasteiger partial charge >= 0.3 is 0 Å². The molecular weight excluding hydrogens is 152 g/mol. The van der Waals surface area contributed by atoms with Gasteiger partial charge in [0.1, 0.15) is 6.10 Å². The van der Waals surface area contributed by atoms with Crippen LogP contribution in [0.2, 0.25) is 0 Å². The topological polar surface area (TPSA) is 29.5 Å². The average molecular weight is 170 g/mol. The molecule has 0 aromatic carbocycles. The number of hydrogen-bond donors (Lipinski definition) is 1. The highest BCUT2D eigenvalue weighted by Crippen LogP contribution is 2.23. The third-order valence-corrected chi connectivity index (χ3v) is 2.36. The molecule has 1 heterocycles. The van der Waals surface area contributed by atoms with Crippen molar-refractivity contribution in [2.75, 3.05) is 0 Å². The van der Waals surface area contributed by atoms with Crippen LogP contribution >= 0.6 is 0 Å². The van der Waals surface area contributed by atoms with Gasteiger partial charge in [-0.2, -0.15) is 0 Å². The highest BCUT2D eigenvalue weighted by atomic mass is 16.5. The van der Waals surface area contributed by atoms with Crippen molar-refractivity contribution in [3.05, 3.63) is 12.3 Å². The maximum absolute atomic E-state index is 9.49. The van der Waals surface area contributed by atoms with E-state index in [2.05, 4.69) is 13.8 Å². The Morgan fingerprint density at radius 2 is 2.17 bits per heavy atom. The Bertz CT molecular complexity index is 163. The molecule has 0 aromatic heterocycles. The molecule has 0 spiro atoms. The molecule has 0 saturated heterocycles. The van der Waals surface area contributed by atoms with Gasteiger partial charge in [-0.15, -0.1) is 0 Å². The summed E-state index contributed by atoms with van der Waals surface area (Å²) in [6.45, 7) is 6.36. The molecule has 0 fully saturated rings. The Balaban J connectivity index is 2.49. The second-order valence-corrected chi connectivity index (χ2v) is 3.98. The number of ether oxygens (including phenoxy) is 1. The molecule has 2 nitrogen and oxygen atoms in total. The zero-order valence-electron chi connectivity index (χ0n) is 8.03. The van der Waals surface area contributed by atoms with Crippen LogP contribution < -0.4 is 0 Å². The predicted molar refractivity (Wildman–Crippen MR) is 48.6 cm³/mol. The second-order valence-electron chi connectivity index (χ2n) is 3.98. The van der Waals surface area contributed by atoms with Crippen molar-refractivity contribution >= 4 is 0 Å². The highest BCUT2D eigenvalue weighted by Gasteiger charge is 2.27. The first-order valence-corrected chi connectivity index (χ1v) is 4.61. The van der Waals surface area contributed by atoms with E-state index in [9.17, 15) is 5.11 Å². The summed E-state index contributed by atoms with van der Waals surface area (Å²) in [5.74, 6) is 0.841. The van der Waals surface area contributed by atoms with Crippen LogP contribution in [0.5, 0.6) is 0 Å². The lowest BCUT2D eigenvalue weighted by molar-refractivity contribution is 0.000759. The normalized spacial score (nSPS) is 35.2. The van der Waals surface area contributed by atoms with E-state index in [-0.39, 0.29) is 18.1 Å². The van der Waals surface area contributed by atoms with E-state index in [4.69, 9.17) is 4.74 Å². The number of rotatable bonds is 2. The average Bonchev–Trinajstić information content (AvgIpc) is 1.98. The van der Waals surface area contributed by atoms with Gasteiger partial charge in [0.05, 0.1) is 12.4 Å². The van der Waals surface area contributed by atoms with Gasteiger partial charge in [0.15, 0.2) is 0 Å². The van der Waals surface area contributed by atoms with Crippen molar-refractivity contribution in [3.8, 4) is 0 Å². The van der Waals surface area contributed by atoms with Crippen molar-refractivity contribution in [2.45, 2.75) is 39.4 Å². The van der Waals surface area contributed by atoms with E-state index in [0.717, 1.165) is 6.42 Å². The first-order chi connectivity index (χ1) is 5.61. The molecule has 0 aliphatic carbocycles. The summed E-state index contributed by atoms with van der Waals surface area (Å²) >= 11 is 0. The van der Waals surface area contributed by atoms with Crippen LogP contribution in [-0.4, -0.2) is 17.3 Å². The molecule has 1 aliphatic rings. The number of aliphatic hydroxyl groups is 1. The van der Waals surface area contributed by atoms with E-state index in [0.29, 0.717) is 5.92 Å². The Labute approximate surface area is 74.2 Å². The largest absolute Gasteiger partial charge is 0.498 e. The summed E-state index contributed by atoms with van der Waals surface area (Å²) in [5.41, 5.74) is 0. The van der Waals surface area contributed by atoms with Gasteiger partial charge in [0, 0.05) is 5.92 Å². The highest BCUT2D eigenvalue weighted by molar-refractivity contribution is 4.94. The van der Waals surface area contributed by atoms with E-state index in [1.54, 1.807) is 12.3 Å². The fourth-order valence-electron chi connectivity index (χ4n) is 1.48. The van der Waals surface area contributed by atoms with Crippen LogP contribution in [0.15, 0.2) is 12.3 Å². The lowest BCUT2D eigenvalue weighted by atomic mass is 9.90. The van der Waals surface area contributed by atoms with Gasteiger partial charge < -0.3 is 9.84 Å². The van der Waals surface area contributed by atoms with E-state index >= 15 is 0 Å². The minimum atomic E-state index is -0.331. The van der Waals surface area contributed by atoms with Crippen molar-refractivity contribution in [2.24, 2.45) is 11.8 Å². The van der Waals surface area contributed by atoms with Gasteiger partial charge in [-0.05, 0) is 18.4 Å². The Hall–Kier alpha value is -0.500. The van der Waals surface area contributed by atoms with Gasteiger partial charge in [0.25, 0.3) is 0 Å². The second kappa shape index (κ2) is 3.94. The van der Waals surface area contributed by atoms with Crippen LogP contribution in [0.3, 0.4) is 0 Å². The lowest BCUT2D eigenvalue weighted by Gasteiger charge is -2.30. The van der Waals surface area contributed by atoms with Crippen molar-refractivity contribution in [3.63, 3.8) is 0 Å². The number of aliphatic hydroxyl groups excluding tert-OH is 1. The monoisotopic (exact) mass is 170 g/mol. The molecule has 0 amide bonds. The predicted octanol–water partition coefficient (Wildman–Crippen LogP) is 1.94. The molecule has 0 unspecified atom stereocenters. The summed E-state index contributed by atoms with van der Waals surface area (Å²) in [4.78, 5) is 0. The van der Waals surface area contributed by atoms with E-state index in [1.165, 1.54) is 0 Å². The summed E-state index contributed by atoms with van der Waals surface area (Å²) in [7, 11) is 0. The molecular formula is C10H18O2. The summed E-state index contributed by atoms with van der Waals surface area (Å²) in [6.07, 6.45) is 4.20. The Kier molecular flexibility index (Phi) is 3.15. The SMILES string of the molecule is CC(C)C[C@H]1OC=C[C@@H](O)[C@H]1C. The smallest absolute Gasteiger partial charge is 0.103 e. The molecule has 0 aromatic rings. The van der Waals surface area contributed by atoms with Crippen molar-refractivity contribution in [1.82, 2.24) is 0 Å². The quantitative estimate of drug-likeness (QED) is 0.686. The fraction of sp³-hybridized carbons (Fsp3) is 0.800. The van der Waals surface area contributed by atoms with E-state index < -0.39 is 0 Å². The minimum Gasteiger partial charge on any atom is -0.498 e. The standard InChI is InChI=1S/C10H18O2/c1-7(2)6-10-8(3)9(11)4-5-12-10/h4-5,7-11H,6H2,1-3H3/t8-,9-,10-/m1/s1. The van der Waals surface area contributed by atoms with Crippen molar-refractivity contribution in [1.29, 1.82) is 0 Å². The van der Waals surface area contributed by atoms with Crippen LogP contribution in [0.4, 0.5) is 0 Å². The van der Waals surface area contributed by atoms with Gasteiger partial charge in [-0.25, -0.2) is 0 Å². The first kappa shape index (κ1) is 9.59. The zero-order valence-corrected chi connectivity index (χ0v) is 8.03. The van der Waals surface area contributed by atoms with Crippen LogP contribution in [-0.2, 0) is 4.74 Å². The molecule has 0 radical (unpaired) electrons. The third kappa shape index (κ3) is 2.24. The van der Waals surface area contributed by atoms with Crippen LogP contribution in [0.25, 0.3) is 0 Å². The molecule has 1 N–H and O–H groups in total. The first-order valence-electron chi connectivity index (χ1n) is 4.61. The summed E-state index contributed by atoms with van der Waals surface area (Å²) < 4.78 is 5.43. The molecule has 1 rings (SSSR count). The maximum Gasteiger partial charge on any atom is 0.103 e. The maximum atomic E-state index is 9.49. The Morgan fingerprint density at radius 3 is 2.75 bits per heavy atom. The fourth-order valence-corrected chi connectivity index (χ4v) is 1.48. The number of hydrogen-bond acceptors (Lipinski definition) is 2. The third-order valence-electron chi connectivity index (χ3n) is 2.36. The van der Waals surface area contributed by atoms with Crippen molar-refractivity contribution < 1.29 is 9.84 Å². The van der Waals surface area contributed by atoms with E-state index in [1.807, 2.05) is 6.92 Å². The summed E-state index contributed by atoms with van der Waals surface area (Å²) in [6, 6.07) is 0. The molecule has 70 valence electrons. The molecule has 1 aliphatic heterocycles. The van der Waals surface area contributed by atoms with Gasteiger partial charge in [-0.1, -0.05) is 20.8 Å². The van der Waals surface area contributed by atoms with Gasteiger partial charge in [0.2, 0.25) is 0 Å². The molecule has 2 heteroatoms. The molecule has 0 saturated carbocycles. The molecule has 12 heavy (non-hydrogen) atoms. The van der Waals surface area contributed by atoms with Crippen LogP contribution in [0, 0.1) is 11.8 Å². The summed E-state index contributed by atoms with van der Waals surface area (Å²) in [5, 5.41) is 9.49. The zero-order chi connectivity index (χ0) is 9.14. The molecule has 3 atom stereocenters. The van der Waals surface area contributed by atoms with Crippen LogP contribution in [0.1, 0.15) is 27.2 Å². The lowest BCUT2D eigenvalue weighted by Crippen LogP contribution is -2.33. The molecule has 0 bridgehead atoms. The van der Waals surface area contributed by atoms with Gasteiger partial charge in [-0.3, -0.25) is 0 Å². The minimum absolute atomic E-state index is 0.185. The Morgan fingerprint density at radius 1 is 1.50 bits per heavy atom.